The summed E-state index contributed by atoms with van der Waals surface area (Å²) >= 11 is 0. The molecule has 2 saturated heterocycles. The van der Waals surface area contributed by atoms with Gasteiger partial charge in [0.05, 0.1) is 0 Å². The second-order valence-corrected chi connectivity index (χ2v) is 9.70. The van der Waals surface area contributed by atoms with Gasteiger partial charge in [-0.15, -0.1) is 10.2 Å². The van der Waals surface area contributed by atoms with Crippen LogP contribution in [0.15, 0.2) is 54.6 Å². The molecule has 0 radical (unpaired) electrons. The number of hydrogen-bond donors (Lipinski definition) is 1. The normalized spacial score (nSPS) is 17.7. The minimum Gasteiger partial charge on any atom is -0.355 e. The van der Waals surface area contributed by atoms with Crippen LogP contribution in [0.25, 0.3) is 10.8 Å². The summed E-state index contributed by atoms with van der Waals surface area (Å²) in [6.07, 6.45) is 7.26. The summed E-state index contributed by atoms with van der Waals surface area (Å²) in [5.74, 6) is 1.47. The van der Waals surface area contributed by atoms with E-state index in [-0.39, 0.29) is 5.91 Å². The molecule has 1 amide bonds. The number of piperidine rings is 2. The van der Waals surface area contributed by atoms with Gasteiger partial charge in [-0.1, -0.05) is 61.0 Å². The average molecular weight is 458 g/mol. The number of benzene rings is 2. The molecular weight excluding hydrogens is 422 g/mol. The van der Waals surface area contributed by atoms with E-state index in [0.29, 0.717) is 18.2 Å². The maximum atomic E-state index is 13.0. The van der Waals surface area contributed by atoms with E-state index in [1.165, 1.54) is 24.8 Å². The topological polar surface area (TPSA) is 61.4 Å². The number of likely N-dealkylation sites (tertiary alicyclic amines) is 1. The van der Waals surface area contributed by atoms with Gasteiger partial charge in [0.1, 0.15) is 0 Å². The zero-order valence-corrected chi connectivity index (χ0v) is 20.0. The number of anilines is 1. The van der Waals surface area contributed by atoms with E-state index >= 15 is 0 Å². The van der Waals surface area contributed by atoms with E-state index in [2.05, 4.69) is 61.7 Å². The van der Waals surface area contributed by atoms with Crippen molar-refractivity contribution >= 4 is 22.5 Å². The molecule has 0 unspecified atom stereocenters. The smallest absolute Gasteiger partial charge is 0.272 e. The molecule has 0 aliphatic carbocycles. The van der Waals surface area contributed by atoms with Crippen molar-refractivity contribution < 1.29 is 4.79 Å². The second kappa shape index (κ2) is 11.0. The molecule has 2 aromatic carbocycles. The summed E-state index contributed by atoms with van der Waals surface area (Å²) in [7, 11) is 0. The number of hydrogen-bond acceptors (Lipinski definition) is 5. The van der Waals surface area contributed by atoms with Gasteiger partial charge in [-0.3, -0.25) is 4.79 Å². The van der Waals surface area contributed by atoms with Crippen molar-refractivity contribution in [1.29, 1.82) is 0 Å². The lowest BCUT2D eigenvalue weighted by atomic mass is 9.90. The molecule has 2 aliphatic rings. The molecule has 0 atom stereocenters. The molecule has 3 heterocycles. The lowest BCUT2D eigenvalue weighted by molar-refractivity contribution is 0.0942. The maximum Gasteiger partial charge on any atom is 0.272 e. The van der Waals surface area contributed by atoms with Gasteiger partial charge in [-0.25, -0.2) is 0 Å². The molecule has 34 heavy (non-hydrogen) atoms. The number of amides is 1. The van der Waals surface area contributed by atoms with Crippen molar-refractivity contribution in [3.8, 4) is 0 Å². The molecule has 6 heteroatoms. The van der Waals surface area contributed by atoms with Gasteiger partial charge in [0.25, 0.3) is 5.91 Å². The van der Waals surface area contributed by atoms with Crippen molar-refractivity contribution in [1.82, 2.24) is 20.4 Å². The van der Waals surface area contributed by atoms with E-state index in [1.54, 1.807) is 0 Å². The minimum atomic E-state index is -0.131. The Balaban J connectivity index is 1.24. The van der Waals surface area contributed by atoms with Crippen LogP contribution in [0, 0.1) is 5.92 Å². The third-order valence-electron chi connectivity index (χ3n) is 7.33. The van der Waals surface area contributed by atoms with Crippen LogP contribution in [0.4, 0.5) is 5.82 Å². The first-order valence-electron chi connectivity index (χ1n) is 12.8. The largest absolute Gasteiger partial charge is 0.355 e. The van der Waals surface area contributed by atoms with Crippen molar-refractivity contribution in [3.63, 3.8) is 0 Å². The Morgan fingerprint density at radius 1 is 0.853 bits per heavy atom. The Morgan fingerprint density at radius 2 is 1.56 bits per heavy atom. The Kier molecular flexibility index (Phi) is 7.34. The Bertz CT molecular complexity index is 1090. The summed E-state index contributed by atoms with van der Waals surface area (Å²) in [4.78, 5) is 17.7. The molecule has 3 aromatic rings. The number of carbonyl (C=O) groups excluding carboxylic acids is 1. The highest BCUT2D eigenvalue weighted by atomic mass is 16.1. The van der Waals surface area contributed by atoms with Gasteiger partial charge in [-0.2, -0.15) is 0 Å². The highest BCUT2D eigenvalue weighted by Gasteiger charge is 2.24. The fourth-order valence-corrected chi connectivity index (χ4v) is 5.38. The van der Waals surface area contributed by atoms with E-state index < -0.39 is 0 Å². The van der Waals surface area contributed by atoms with Crippen molar-refractivity contribution in [2.24, 2.45) is 5.92 Å². The minimum absolute atomic E-state index is 0.131. The number of carbonyl (C=O) groups is 1. The molecule has 0 bridgehead atoms. The number of nitrogens with zero attached hydrogens (tertiary/aromatic N) is 4. The van der Waals surface area contributed by atoms with Crippen LogP contribution >= 0.6 is 0 Å². The van der Waals surface area contributed by atoms with Gasteiger partial charge in [-0.05, 0) is 56.7 Å². The first-order valence-corrected chi connectivity index (χ1v) is 12.8. The van der Waals surface area contributed by atoms with Gasteiger partial charge >= 0.3 is 0 Å². The number of aromatic nitrogens is 2. The molecule has 6 nitrogen and oxygen atoms in total. The van der Waals surface area contributed by atoms with Gasteiger partial charge in [0, 0.05) is 37.0 Å². The molecule has 0 spiro atoms. The molecular formula is C28H35N5O. The zero-order valence-electron chi connectivity index (χ0n) is 20.0. The Morgan fingerprint density at radius 3 is 2.32 bits per heavy atom. The third-order valence-corrected chi connectivity index (χ3v) is 7.33. The predicted molar refractivity (Wildman–Crippen MR) is 137 cm³/mol. The first-order chi connectivity index (χ1) is 16.8. The number of rotatable bonds is 7. The molecule has 2 fully saturated rings. The van der Waals surface area contributed by atoms with Gasteiger partial charge in [0.2, 0.25) is 0 Å². The highest BCUT2D eigenvalue weighted by Crippen LogP contribution is 2.30. The molecule has 5 rings (SSSR count). The second-order valence-electron chi connectivity index (χ2n) is 9.70. The maximum absolute atomic E-state index is 13.0. The SMILES string of the molecule is O=C(NCCN1CCCCC1)c1nnc(N2CCC(Cc3ccccc3)CC2)c2ccccc12. The van der Waals surface area contributed by atoms with E-state index in [4.69, 9.17) is 0 Å². The first kappa shape index (κ1) is 22.8. The van der Waals surface area contributed by atoms with Crippen molar-refractivity contribution in [3.05, 3.63) is 65.9 Å². The standard InChI is InChI=1S/C28H35N5O/c34-28(29-15-20-32-16-7-2-8-17-32)26-24-11-5-6-12-25(24)27(31-30-26)33-18-13-23(14-19-33)21-22-9-3-1-4-10-22/h1,3-6,9-12,23H,2,7-8,13-21H2,(H,29,34). The number of nitrogens with one attached hydrogen (secondary N) is 1. The fraction of sp³-hybridized carbons (Fsp3) is 0.464. The summed E-state index contributed by atoms with van der Waals surface area (Å²) in [5.41, 5.74) is 1.85. The molecule has 0 saturated carbocycles. The Hall–Kier alpha value is -2.99. The van der Waals surface area contributed by atoms with Crippen LogP contribution in [0.3, 0.4) is 0 Å². The van der Waals surface area contributed by atoms with Crippen LogP contribution in [-0.4, -0.2) is 60.3 Å². The monoisotopic (exact) mass is 457 g/mol. The van der Waals surface area contributed by atoms with Gasteiger partial charge in [0.15, 0.2) is 11.5 Å². The summed E-state index contributed by atoms with van der Waals surface area (Å²) < 4.78 is 0. The van der Waals surface area contributed by atoms with Crippen LogP contribution < -0.4 is 10.2 Å². The summed E-state index contributed by atoms with van der Waals surface area (Å²) in [6, 6.07) is 18.8. The fourth-order valence-electron chi connectivity index (χ4n) is 5.38. The van der Waals surface area contributed by atoms with Crippen molar-refractivity contribution in [2.75, 3.05) is 44.2 Å². The third kappa shape index (κ3) is 5.39. The van der Waals surface area contributed by atoms with Crippen molar-refractivity contribution in [2.45, 2.75) is 38.5 Å². The molecule has 2 aliphatic heterocycles. The zero-order chi connectivity index (χ0) is 23.2. The number of fused-ring (bicyclic) bond motifs is 1. The molecule has 1 aromatic heterocycles. The Labute approximate surface area is 202 Å². The molecule has 1 N–H and O–H groups in total. The quantitative estimate of drug-likeness (QED) is 0.573. The lowest BCUT2D eigenvalue weighted by Gasteiger charge is -2.33. The van der Waals surface area contributed by atoms with E-state index in [1.807, 2.05) is 18.2 Å². The molecule has 178 valence electrons. The predicted octanol–water partition coefficient (Wildman–Crippen LogP) is 4.30. The van der Waals surface area contributed by atoms with Crippen LogP contribution in [-0.2, 0) is 6.42 Å². The van der Waals surface area contributed by atoms with Crippen LogP contribution in [0.1, 0.15) is 48.2 Å². The van der Waals surface area contributed by atoms with E-state index in [0.717, 1.165) is 68.6 Å². The summed E-state index contributed by atoms with van der Waals surface area (Å²) in [5, 5.41) is 13.9. The summed E-state index contributed by atoms with van der Waals surface area (Å²) in [6.45, 7) is 5.75. The average Bonchev–Trinajstić information content (AvgIpc) is 2.90. The van der Waals surface area contributed by atoms with E-state index in [9.17, 15) is 4.79 Å². The van der Waals surface area contributed by atoms with Crippen LogP contribution in [0.5, 0.6) is 0 Å². The highest BCUT2D eigenvalue weighted by molar-refractivity contribution is 6.07. The lowest BCUT2D eigenvalue weighted by Crippen LogP contribution is -2.38. The van der Waals surface area contributed by atoms with Gasteiger partial charge < -0.3 is 15.1 Å². The van der Waals surface area contributed by atoms with Crippen LogP contribution in [0.2, 0.25) is 0 Å².